The van der Waals surface area contributed by atoms with Crippen LogP contribution in [0.4, 0.5) is 0 Å². The van der Waals surface area contributed by atoms with Crippen molar-refractivity contribution in [3.63, 3.8) is 0 Å². The summed E-state index contributed by atoms with van der Waals surface area (Å²) >= 11 is -1.15. The molecule has 201 valence electrons. The molecule has 0 saturated carbocycles. The molecular formula is C37H35Cl2Zr. The van der Waals surface area contributed by atoms with E-state index in [1.54, 1.807) is 31.0 Å². The Morgan fingerprint density at radius 2 is 1.38 bits per heavy atom. The van der Waals surface area contributed by atoms with E-state index in [9.17, 15) is 0 Å². The summed E-state index contributed by atoms with van der Waals surface area (Å²) in [6.07, 6.45) is 11.2. The van der Waals surface area contributed by atoms with Crippen molar-refractivity contribution < 1.29 is 47.6 Å². The SMILES string of the molecule is CCc1cc(C2=CC=CC2)c2c(c1CC)-c1c(CC)cccc1[CH]2[Zr+2]=[C](c1ccccc1)c1ccccc1.[Cl-].[Cl-]. The maximum atomic E-state index is 2.57. The number of fused-ring (bicyclic) bond motifs is 3. The van der Waals surface area contributed by atoms with Gasteiger partial charge in [-0.2, -0.15) is 0 Å². The van der Waals surface area contributed by atoms with Gasteiger partial charge in [-0.15, -0.1) is 0 Å². The van der Waals surface area contributed by atoms with Gasteiger partial charge in [0.1, 0.15) is 0 Å². The van der Waals surface area contributed by atoms with Crippen LogP contribution in [0.3, 0.4) is 0 Å². The summed E-state index contributed by atoms with van der Waals surface area (Å²) in [4.78, 5) is 0. The molecule has 0 amide bonds. The molecule has 0 aliphatic heterocycles. The van der Waals surface area contributed by atoms with E-state index >= 15 is 0 Å². The Labute approximate surface area is 263 Å². The first-order chi connectivity index (χ1) is 18.7. The van der Waals surface area contributed by atoms with Crippen LogP contribution < -0.4 is 24.8 Å². The van der Waals surface area contributed by atoms with Gasteiger partial charge in [-0.3, -0.25) is 0 Å². The average molecular weight is 642 g/mol. The smallest absolute Gasteiger partial charge is 1.00 e. The van der Waals surface area contributed by atoms with Gasteiger partial charge in [-0.05, 0) is 0 Å². The molecule has 0 nitrogen and oxygen atoms in total. The zero-order chi connectivity index (χ0) is 26.1. The zero-order valence-electron chi connectivity index (χ0n) is 23.5. The predicted molar refractivity (Wildman–Crippen MR) is 160 cm³/mol. The minimum absolute atomic E-state index is 0. The fourth-order valence-corrected chi connectivity index (χ4v) is 10.9. The van der Waals surface area contributed by atoms with Gasteiger partial charge >= 0.3 is 240 Å². The van der Waals surface area contributed by atoms with Crippen LogP contribution in [0.2, 0.25) is 0 Å². The van der Waals surface area contributed by atoms with Crippen molar-refractivity contribution in [2.24, 2.45) is 0 Å². The van der Waals surface area contributed by atoms with Crippen LogP contribution >= 0.6 is 0 Å². The first kappa shape index (κ1) is 30.6. The van der Waals surface area contributed by atoms with Crippen LogP contribution in [0.1, 0.15) is 75.3 Å². The Morgan fingerprint density at radius 3 is 1.93 bits per heavy atom. The summed E-state index contributed by atoms with van der Waals surface area (Å²) in [6.45, 7) is 7.02. The van der Waals surface area contributed by atoms with E-state index in [1.165, 1.54) is 33.4 Å². The van der Waals surface area contributed by atoms with Crippen LogP contribution in [-0.2, 0) is 42.0 Å². The van der Waals surface area contributed by atoms with E-state index in [0.717, 1.165) is 25.7 Å². The molecular weight excluding hydrogens is 607 g/mol. The molecule has 2 aliphatic carbocycles. The Kier molecular flexibility index (Phi) is 10.4. The minimum atomic E-state index is -1.15. The van der Waals surface area contributed by atoms with Gasteiger partial charge in [0, 0.05) is 0 Å². The van der Waals surface area contributed by atoms with Crippen LogP contribution in [0, 0.1) is 0 Å². The molecule has 1 atom stereocenters. The number of benzene rings is 4. The third-order valence-electron chi connectivity index (χ3n) is 8.25. The van der Waals surface area contributed by atoms with Crippen molar-refractivity contribution in [3.8, 4) is 11.1 Å². The monoisotopic (exact) mass is 639 g/mol. The molecule has 2 aliphatic rings. The molecule has 4 aromatic carbocycles. The zero-order valence-corrected chi connectivity index (χ0v) is 27.4. The Hall–Kier alpha value is -2.31. The third kappa shape index (κ3) is 5.46. The Balaban J connectivity index is 0.00000185. The van der Waals surface area contributed by atoms with E-state index < -0.39 is 22.8 Å². The standard InChI is InChI=1S/C24H25.C13H10.2ClH.Zr/c1-4-16-12-9-13-19-15-22-21(18-10-7-8-11-18)14-17(5-2)20(6-3)24(22)23(16)19;1-3-7-12(8-4-1)11-13-9-5-2-6-10-13;;;/h7-10,12-15H,4-6,11H2,1-3H3;1-10H;2*1H;/q;;;;+2/p-2. The minimum Gasteiger partial charge on any atom is -1.00 e. The van der Waals surface area contributed by atoms with Crippen LogP contribution in [0.15, 0.2) is 103 Å². The molecule has 0 fully saturated rings. The van der Waals surface area contributed by atoms with Crippen LogP contribution in [-0.4, -0.2) is 3.21 Å². The molecule has 0 heterocycles. The molecule has 1 unspecified atom stereocenters. The van der Waals surface area contributed by atoms with Crippen LogP contribution in [0.25, 0.3) is 16.7 Å². The molecule has 0 radical (unpaired) electrons. The van der Waals surface area contributed by atoms with Gasteiger partial charge in [0.25, 0.3) is 0 Å². The Bertz CT molecular complexity index is 1540. The molecule has 0 saturated heterocycles. The number of allylic oxidation sites excluding steroid dienone is 4. The van der Waals surface area contributed by atoms with Crippen molar-refractivity contribution in [1.82, 2.24) is 0 Å². The largest absolute Gasteiger partial charge is 1.00 e. The van der Waals surface area contributed by atoms with Gasteiger partial charge in [0.15, 0.2) is 0 Å². The molecule has 3 heteroatoms. The topological polar surface area (TPSA) is 0 Å². The van der Waals surface area contributed by atoms with Crippen molar-refractivity contribution in [3.05, 3.63) is 148 Å². The summed E-state index contributed by atoms with van der Waals surface area (Å²) in [5.74, 6) is 0. The molecule has 0 spiro atoms. The second-order valence-corrected chi connectivity index (χ2v) is 13.7. The first-order valence-corrected chi connectivity index (χ1v) is 16.8. The van der Waals surface area contributed by atoms with Crippen molar-refractivity contribution in [2.45, 2.75) is 50.1 Å². The van der Waals surface area contributed by atoms with Gasteiger partial charge < -0.3 is 24.8 Å². The second kappa shape index (κ2) is 13.6. The average Bonchev–Trinajstić information content (AvgIpc) is 3.63. The number of halogens is 2. The van der Waals surface area contributed by atoms with Crippen LogP contribution in [0.5, 0.6) is 0 Å². The van der Waals surface area contributed by atoms with Gasteiger partial charge in [-0.1, -0.05) is 0 Å². The summed E-state index contributed by atoms with van der Waals surface area (Å²) < 4.78 is 2.10. The second-order valence-electron chi connectivity index (χ2n) is 10.3. The fourth-order valence-electron chi connectivity index (χ4n) is 6.47. The molecule has 0 N–H and O–H groups in total. The van der Waals surface area contributed by atoms with E-state index in [-0.39, 0.29) is 24.8 Å². The van der Waals surface area contributed by atoms with Crippen molar-refractivity contribution in [2.75, 3.05) is 0 Å². The summed E-state index contributed by atoms with van der Waals surface area (Å²) in [6, 6.07) is 32.1. The number of aryl methyl sites for hydroxylation is 2. The molecule has 0 bridgehead atoms. The first-order valence-electron chi connectivity index (χ1n) is 14.2. The molecule has 40 heavy (non-hydrogen) atoms. The van der Waals surface area contributed by atoms with Gasteiger partial charge in [0.05, 0.1) is 0 Å². The van der Waals surface area contributed by atoms with E-state index in [0.29, 0.717) is 3.63 Å². The van der Waals surface area contributed by atoms with Gasteiger partial charge in [-0.25, -0.2) is 0 Å². The molecule has 4 aromatic rings. The maximum absolute atomic E-state index is 2.57. The quantitative estimate of drug-likeness (QED) is 0.291. The number of rotatable bonds is 7. The Morgan fingerprint density at radius 1 is 0.725 bits per heavy atom. The third-order valence-corrected chi connectivity index (χ3v) is 12.6. The summed E-state index contributed by atoms with van der Waals surface area (Å²) in [5, 5.41) is 0. The van der Waals surface area contributed by atoms with Gasteiger partial charge in [0.2, 0.25) is 0 Å². The number of hydrogen-bond donors (Lipinski definition) is 0. The molecule has 0 aromatic heterocycles. The molecule has 6 rings (SSSR count). The van der Waals surface area contributed by atoms with E-state index in [4.69, 9.17) is 0 Å². The fraction of sp³-hybridized carbons (Fsp3) is 0.216. The van der Waals surface area contributed by atoms with E-state index in [1.807, 2.05) is 0 Å². The maximum Gasteiger partial charge on any atom is -1.00 e. The van der Waals surface area contributed by atoms with Crippen molar-refractivity contribution in [1.29, 1.82) is 0 Å². The number of hydrogen-bond acceptors (Lipinski definition) is 0. The normalized spacial score (nSPS) is 14.4. The summed E-state index contributed by atoms with van der Waals surface area (Å²) in [7, 11) is 0. The predicted octanol–water partition coefficient (Wildman–Crippen LogP) is 3.15. The van der Waals surface area contributed by atoms with E-state index in [2.05, 4.69) is 124 Å². The van der Waals surface area contributed by atoms with Crippen molar-refractivity contribution >= 4 is 8.78 Å². The summed E-state index contributed by atoms with van der Waals surface area (Å²) in [5.41, 5.74) is 16.8.